The van der Waals surface area contributed by atoms with E-state index in [1.165, 1.54) is 24.3 Å². The van der Waals surface area contributed by atoms with Crippen LogP contribution in [0.3, 0.4) is 0 Å². The summed E-state index contributed by atoms with van der Waals surface area (Å²) >= 11 is 0. The lowest BCUT2D eigenvalue weighted by Gasteiger charge is -2.13. The Hall–Kier alpha value is -3.04. The van der Waals surface area contributed by atoms with Crippen molar-refractivity contribution in [2.24, 2.45) is 0 Å². The van der Waals surface area contributed by atoms with Gasteiger partial charge in [0.2, 0.25) is 0 Å². The summed E-state index contributed by atoms with van der Waals surface area (Å²) < 4.78 is 15.0. The van der Waals surface area contributed by atoms with Crippen LogP contribution < -0.4 is 4.72 Å². The molecule has 0 saturated carbocycles. The third kappa shape index (κ3) is 3.63. The number of nitro groups is 1. The molecule has 8 nitrogen and oxygen atoms in total. The van der Waals surface area contributed by atoms with E-state index < -0.39 is 27.9 Å². The van der Waals surface area contributed by atoms with Crippen molar-refractivity contribution in [3.63, 3.8) is 0 Å². The van der Waals surface area contributed by atoms with Crippen LogP contribution in [0.15, 0.2) is 59.6 Å². The second kappa shape index (κ2) is 7.46. The zero-order chi connectivity index (χ0) is 18.7. The van der Waals surface area contributed by atoms with Crippen LogP contribution in [0.4, 0.5) is 5.69 Å². The number of benzene rings is 2. The normalized spacial score (nSPS) is 13.4. The van der Waals surface area contributed by atoms with Crippen molar-refractivity contribution < 1.29 is 19.0 Å². The largest absolute Gasteiger partial charge is 0.480 e. The highest BCUT2D eigenvalue weighted by Gasteiger charge is 2.25. The molecular formula is C17H15N3O5S. The lowest BCUT2D eigenvalue weighted by atomic mass is 10.1. The van der Waals surface area contributed by atoms with E-state index in [1.54, 1.807) is 6.20 Å². The van der Waals surface area contributed by atoms with E-state index >= 15 is 0 Å². The maximum atomic E-state index is 12.5. The minimum Gasteiger partial charge on any atom is -0.480 e. The molecule has 0 aliphatic rings. The van der Waals surface area contributed by atoms with Gasteiger partial charge < -0.3 is 10.1 Å². The highest BCUT2D eigenvalue weighted by Crippen LogP contribution is 2.22. The molecule has 0 aliphatic carbocycles. The molecule has 1 unspecified atom stereocenters. The Kier molecular flexibility index (Phi) is 5.10. The summed E-state index contributed by atoms with van der Waals surface area (Å²) in [6.45, 7) is 0. The first kappa shape index (κ1) is 17.8. The number of rotatable bonds is 7. The van der Waals surface area contributed by atoms with Crippen LogP contribution in [0.25, 0.3) is 10.9 Å². The fourth-order valence-corrected chi connectivity index (χ4v) is 3.76. The zero-order valence-corrected chi connectivity index (χ0v) is 14.2. The number of para-hydroxylation sites is 2. The number of nitrogens with one attached hydrogen (secondary N) is 2. The maximum absolute atomic E-state index is 12.5. The van der Waals surface area contributed by atoms with Crippen molar-refractivity contribution in [2.45, 2.75) is 17.4 Å². The highest BCUT2D eigenvalue weighted by molar-refractivity contribution is 7.83. The van der Waals surface area contributed by atoms with Crippen molar-refractivity contribution in [1.29, 1.82) is 0 Å². The lowest BCUT2D eigenvalue weighted by Crippen LogP contribution is -2.39. The molecule has 0 spiro atoms. The molecule has 2 atom stereocenters. The highest BCUT2D eigenvalue weighted by atomic mass is 32.2. The Balaban J connectivity index is 1.84. The van der Waals surface area contributed by atoms with Crippen molar-refractivity contribution >= 4 is 33.5 Å². The first-order valence-electron chi connectivity index (χ1n) is 7.66. The van der Waals surface area contributed by atoms with Gasteiger partial charge in [0.25, 0.3) is 5.69 Å². The fourth-order valence-electron chi connectivity index (χ4n) is 2.66. The smallest absolute Gasteiger partial charge is 0.321 e. The summed E-state index contributed by atoms with van der Waals surface area (Å²) in [6, 6.07) is 11.8. The molecule has 0 aliphatic heterocycles. The molecular weight excluding hydrogens is 358 g/mol. The number of carboxylic acids is 1. The van der Waals surface area contributed by atoms with Gasteiger partial charge in [-0.2, -0.15) is 0 Å². The first-order chi connectivity index (χ1) is 12.5. The van der Waals surface area contributed by atoms with E-state index in [0.29, 0.717) is 0 Å². The monoisotopic (exact) mass is 373 g/mol. The molecule has 1 aromatic heterocycles. The fraction of sp³-hybridized carbons (Fsp3) is 0.118. The van der Waals surface area contributed by atoms with Crippen molar-refractivity contribution in [3.05, 3.63) is 70.4 Å². The molecule has 0 fully saturated rings. The topological polar surface area (TPSA) is 125 Å². The molecule has 26 heavy (non-hydrogen) atoms. The SMILES string of the molecule is O=C(O)[C@H](Cc1c[nH]c2ccccc12)NS(=O)c1ccccc1[N+](=O)[O-]. The minimum absolute atomic E-state index is 0.0670. The van der Waals surface area contributed by atoms with Gasteiger partial charge >= 0.3 is 5.97 Å². The van der Waals surface area contributed by atoms with Gasteiger partial charge in [0.15, 0.2) is 0 Å². The standard InChI is InChI=1S/C17H15N3O5S/c21-17(22)14(9-11-10-18-13-6-2-1-5-12(11)13)19-26(25)16-8-4-3-7-15(16)20(23)24/h1-8,10,14,18-19H,9H2,(H,21,22)/t14-,26?/m0/s1. The Morgan fingerprint density at radius 1 is 1.23 bits per heavy atom. The van der Waals surface area contributed by atoms with Gasteiger partial charge in [0.1, 0.15) is 21.9 Å². The molecule has 0 bridgehead atoms. The number of hydrogen-bond acceptors (Lipinski definition) is 4. The molecule has 0 radical (unpaired) electrons. The predicted octanol–water partition coefficient (Wildman–Crippen LogP) is 2.38. The second-order valence-electron chi connectivity index (χ2n) is 5.57. The number of aromatic nitrogens is 1. The van der Waals surface area contributed by atoms with Crippen molar-refractivity contribution in [1.82, 2.24) is 9.71 Å². The van der Waals surface area contributed by atoms with Gasteiger partial charge in [0.05, 0.1) is 4.92 Å². The van der Waals surface area contributed by atoms with Gasteiger partial charge in [-0.05, 0) is 17.7 Å². The van der Waals surface area contributed by atoms with Crippen molar-refractivity contribution in [2.75, 3.05) is 0 Å². The number of fused-ring (bicyclic) bond motifs is 1. The first-order valence-corrected chi connectivity index (χ1v) is 8.81. The van der Waals surface area contributed by atoms with Crippen molar-refractivity contribution in [3.8, 4) is 0 Å². The summed E-state index contributed by atoms with van der Waals surface area (Å²) in [5.41, 5.74) is 1.29. The van der Waals surface area contributed by atoms with Crippen LogP contribution in [-0.2, 0) is 22.2 Å². The number of hydrogen-bond donors (Lipinski definition) is 3. The number of H-pyrrole nitrogens is 1. The van der Waals surface area contributed by atoms with E-state index in [2.05, 4.69) is 9.71 Å². The summed E-state index contributed by atoms with van der Waals surface area (Å²) in [5, 5.41) is 21.4. The Bertz CT molecular complexity index is 1000. The van der Waals surface area contributed by atoms with E-state index in [9.17, 15) is 24.2 Å². The molecule has 2 aromatic carbocycles. The number of aromatic amines is 1. The Morgan fingerprint density at radius 2 is 1.92 bits per heavy atom. The number of carbonyl (C=O) groups is 1. The van der Waals surface area contributed by atoms with Gasteiger partial charge in [-0.25, -0.2) is 8.93 Å². The van der Waals surface area contributed by atoms with Gasteiger partial charge in [0, 0.05) is 29.6 Å². The van der Waals surface area contributed by atoms with Crippen LogP contribution in [0, 0.1) is 10.1 Å². The van der Waals surface area contributed by atoms with Crippen LogP contribution in [-0.4, -0.2) is 31.2 Å². The minimum atomic E-state index is -2.04. The molecule has 134 valence electrons. The van der Waals surface area contributed by atoms with Crippen LogP contribution >= 0.6 is 0 Å². The predicted molar refractivity (Wildman–Crippen MR) is 96.1 cm³/mol. The molecule has 0 amide bonds. The van der Waals surface area contributed by atoms with E-state index in [-0.39, 0.29) is 17.0 Å². The summed E-state index contributed by atoms with van der Waals surface area (Å²) in [5.74, 6) is -1.19. The number of carboxylic acid groups (broad SMARTS) is 1. The average Bonchev–Trinajstić information content (AvgIpc) is 3.04. The summed E-state index contributed by atoms with van der Waals surface area (Å²) in [6.07, 6.45) is 1.78. The molecule has 0 saturated heterocycles. The van der Waals surface area contributed by atoms with Gasteiger partial charge in [-0.3, -0.25) is 14.9 Å². The lowest BCUT2D eigenvalue weighted by molar-refractivity contribution is -0.387. The second-order valence-corrected chi connectivity index (χ2v) is 6.78. The molecule has 3 aromatic rings. The third-order valence-electron chi connectivity index (χ3n) is 3.91. The van der Waals surface area contributed by atoms with Crippen LogP contribution in [0.1, 0.15) is 5.56 Å². The van der Waals surface area contributed by atoms with E-state index in [1.807, 2.05) is 24.3 Å². The molecule has 3 rings (SSSR count). The molecule has 3 N–H and O–H groups in total. The third-order valence-corrected chi connectivity index (χ3v) is 5.15. The van der Waals surface area contributed by atoms with Crippen LogP contribution in [0.2, 0.25) is 0 Å². The number of nitrogens with zero attached hydrogens (tertiary/aromatic N) is 1. The summed E-state index contributed by atoms with van der Waals surface area (Å²) in [7, 11) is -2.04. The Labute approximate surface area is 150 Å². The van der Waals surface area contributed by atoms with Crippen LogP contribution in [0.5, 0.6) is 0 Å². The summed E-state index contributed by atoms with van der Waals surface area (Å²) in [4.78, 5) is 25.0. The zero-order valence-electron chi connectivity index (χ0n) is 13.4. The van der Waals surface area contributed by atoms with Gasteiger partial charge in [-0.1, -0.05) is 30.3 Å². The number of nitro benzene ring substituents is 1. The van der Waals surface area contributed by atoms with E-state index in [0.717, 1.165) is 16.5 Å². The average molecular weight is 373 g/mol. The molecule has 9 heteroatoms. The van der Waals surface area contributed by atoms with Gasteiger partial charge in [-0.15, -0.1) is 0 Å². The number of aliphatic carboxylic acids is 1. The quantitative estimate of drug-likeness (QED) is 0.433. The molecule has 1 heterocycles. The maximum Gasteiger partial charge on any atom is 0.321 e. The van der Waals surface area contributed by atoms with E-state index in [4.69, 9.17) is 0 Å². The Morgan fingerprint density at radius 3 is 2.65 bits per heavy atom.